The SMILES string of the molecule is Cc1ccc(Nc2nc([C@@]3(C)C[C@@H](C(C)C)C(=O)O3)cs2)cc1. The van der Waals surface area contributed by atoms with Gasteiger partial charge in [-0.05, 0) is 31.9 Å². The molecular weight excluding hydrogens is 308 g/mol. The summed E-state index contributed by atoms with van der Waals surface area (Å²) >= 11 is 1.53. The number of carbonyl (C=O) groups is 1. The fourth-order valence-electron chi connectivity index (χ4n) is 2.84. The zero-order valence-electron chi connectivity index (χ0n) is 13.9. The van der Waals surface area contributed by atoms with E-state index in [2.05, 4.69) is 43.2 Å². The van der Waals surface area contributed by atoms with Crippen molar-refractivity contribution in [3.63, 3.8) is 0 Å². The van der Waals surface area contributed by atoms with Crippen molar-refractivity contribution in [1.29, 1.82) is 0 Å². The van der Waals surface area contributed by atoms with E-state index in [0.717, 1.165) is 16.5 Å². The van der Waals surface area contributed by atoms with Gasteiger partial charge in [0.2, 0.25) is 0 Å². The average Bonchev–Trinajstić information content (AvgIpc) is 3.07. The van der Waals surface area contributed by atoms with Gasteiger partial charge >= 0.3 is 5.97 Å². The summed E-state index contributed by atoms with van der Waals surface area (Å²) in [6.45, 7) is 8.13. The van der Waals surface area contributed by atoms with Crippen LogP contribution in [0.5, 0.6) is 0 Å². The lowest BCUT2D eigenvalue weighted by Gasteiger charge is -2.20. The number of carbonyl (C=O) groups excluding carboxylic acids is 1. The highest BCUT2D eigenvalue weighted by atomic mass is 32.1. The van der Waals surface area contributed by atoms with Crippen LogP contribution in [0.25, 0.3) is 0 Å². The van der Waals surface area contributed by atoms with Crippen LogP contribution in [0.3, 0.4) is 0 Å². The fourth-order valence-corrected chi connectivity index (χ4v) is 3.69. The number of nitrogens with one attached hydrogen (secondary N) is 1. The number of hydrogen-bond donors (Lipinski definition) is 1. The van der Waals surface area contributed by atoms with Gasteiger partial charge < -0.3 is 10.1 Å². The number of cyclic esters (lactones) is 1. The van der Waals surface area contributed by atoms with E-state index in [-0.39, 0.29) is 17.8 Å². The molecule has 1 aromatic heterocycles. The van der Waals surface area contributed by atoms with Crippen LogP contribution in [0, 0.1) is 18.8 Å². The van der Waals surface area contributed by atoms with Crippen molar-refractivity contribution in [2.75, 3.05) is 5.32 Å². The highest BCUT2D eigenvalue weighted by molar-refractivity contribution is 7.13. The number of aryl methyl sites for hydroxylation is 1. The standard InChI is InChI=1S/C18H22N2O2S/c1-11(2)14-9-18(4,22-16(14)21)15-10-23-17(20-15)19-13-7-5-12(3)6-8-13/h5-8,10-11,14H,9H2,1-4H3,(H,19,20)/t14-,18+/m0/s1. The van der Waals surface area contributed by atoms with Crippen LogP contribution in [0.2, 0.25) is 0 Å². The van der Waals surface area contributed by atoms with Crippen molar-refractivity contribution in [3.05, 3.63) is 40.9 Å². The quantitative estimate of drug-likeness (QED) is 0.831. The number of thiazole rings is 1. The molecule has 0 spiro atoms. The van der Waals surface area contributed by atoms with Crippen LogP contribution < -0.4 is 5.32 Å². The Hall–Kier alpha value is -1.88. The number of hydrogen-bond acceptors (Lipinski definition) is 5. The van der Waals surface area contributed by atoms with Gasteiger partial charge in [0.15, 0.2) is 10.7 Å². The molecule has 23 heavy (non-hydrogen) atoms. The van der Waals surface area contributed by atoms with Crippen LogP contribution in [-0.2, 0) is 15.1 Å². The van der Waals surface area contributed by atoms with Crippen LogP contribution in [0.1, 0.15) is 38.4 Å². The lowest BCUT2D eigenvalue weighted by atomic mass is 9.87. The third kappa shape index (κ3) is 3.24. The maximum Gasteiger partial charge on any atom is 0.310 e. The zero-order chi connectivity index (χ0) is 16.6. The molecule has 1 saturated heterocycles. The molecule has 1 aliphatic heterocycles. The normalized spacial score (nSPS) is 24.0. The third-order valence-electron chi connectivity index (χ3n) is 4.39. The van der Waals surface area contributed by atoms with E-state index in [1.54, 1.807) is 0 Å². The zero-order valence-corrected chi connectivity index (χ0v) is 14.7. The highest BCUT2D eigenvalue weighted by Gasteiger charge is 2.47. The number of esters is 1. The molecule has 2 heterocycles. The van der Waals surface area contributed by atoms with E-state index in [1.807, 2.05) is 24.4 Å². The summed E-state index contributed by atoms with van der Waals surface area (Å²) in [5.74, 6) is 0.131. The molecule has 2 atom stereocenters. The largest absolute Gasteiger partial charge is 0.453 e. The Labute approximate surface area is 140 Å². The molecule has 1 aromatic carbocycles. The minimum atomic E-state index is -0.615. The number of benzene rings is 1. The molecule has 4 nitrogen and oxygen atoms in total. The second-order valence-corrected chi connectivity index (χ2v) is 7.59. The van der Waals surface area contributed by atoms with Crippen LogP contribution in [0.15, 0.2) is 29.6 Å². The minimum absolute atomic E-state index is 0.0461. The van der Waals surface area contributed by atoms with Crippen LogP contribution >= 0.6 is 11.3 Å². The third-order valence-corrected chi connectivity index (χ3v) is 5.15. The summed E-state index contributed by atoms with van der Waals surface area (Å²) in [5, 5.41) is 6.10. The number of rotatable bonds is 4. The molecule has 0 amide bonds. The highest BCUT2D eigenvalue weighted by Crippen LogP contribution is 2.43. The van der Waals surface area contributed by atoms with Gasteiger partial charge in [-0.15, -0.1) is 11.3 Å². The number of ether oxygens (including phenoxy) is 1. The van der Waals surface area contributed by atoms with Crippen molar-refractivity contribution in [2.24, 2.45) is 11.8 Å². The second kappa shape index (κ2) is 5.96. The van der Waals surface area contributed by atoms with E-state index in [9.17, 15) is 4.79 Å². The predicted octanol–water partition coefficient (Wildman–Crippen LogP) is 4.63. The second-order valence-electron chi connectivity index (χ2n) is 6.74. The van der Waals surface area contributed by atoms with Gasteiger partial charge in [0.1, 0.15) is 0 Å². The predicted molar refractivity (Wildman–Crippen MR) is 93.0 cm³/mol. The molecule has 0 aliphatic carbocycles. The first-order valence-corrected chi connectivity index (χ1v) is 8.78. The molecule has 1 aliphatic rings. The first-order chi connectivity index (χ1) is 10.9. The van der Waals surface area contributed by atoms with Gasteiger partial charge in [0.05, 0.1) is 11.6 Å². The minimum Gasteiger partial charge on any atom is -0.453 e. The lowest BCUT2D eigenvalue weighted by Crippen LogP contribution is -2.21. The molecule has 3 rings (SSSR count). The summed E-state index contributed by atoms with van der Waals surface area (Å²) in [7, 11) is 0. The molecule has 5 heteroatoms. The van der Waals surface area contributed by atoms with E-state index in [4.69, 9.17) is 4.74 Å². The molecule has 0 radical (unpaired) electrons. The molecule has 1 fully saturated rings. The van der Waals surface area contributed by atoms with E-state index in [1.165, 1.54) is 16.9 Å². The van der Waals surface area contributed by atoms with E-state index in [0.29, 0.717) is 6.42 Å². The summed E-state index contributed by atoms with van der Waals surface area (Å²) in [5.41, 5.74) is 2.44. The van der Waals surface area contributed by atoms with E-state index < -0.39 is 5.60 Å². The van der Waals surface area contributed by atoms with Crippen LogP contribution in [-0.4, -0.2) is 11.0 Å². The summed E-state index contributed by atoms with van der Waals surface area (Å²) in [6, 6.07) is 8.18. The van der Waals surface area contributed by atoms with Crippen molar-refractivity contribution in [1.82, 2.24) is 4.98 Å². The Morgan fingerprint density at radius 3 is 2.65 bits per heavy atom. The van der Waals surface area contributed by atoms with Crippen molar-refractivity contribution >= 4 is 28.1 Å². The Bertz CT molecular complexity index is 708. The number of nitrogens with zero attached hydrogens (tertiary/aromatic N) is 1. The van der Waals surface area contributed by atoms with E-state index >= 15 is 0 Å². The Morgan fingerprint density at radius 2 is 2.04 bits per heavy atom. The maximum absolute atomic E-state index is 12.1. The van der Waals surface area contributed by atoms with Gasteiger partial charge in [0, 0.05) is 17.5 Å². The molecule has 2 aromatic rings. The van der Waals surface area contributed by atoms with Gasteiger partial charge in [-0.3, -0.25) is 4.79 Å². The first-order valence-electron chi connectivity index (χ1n) is 7.90. The fraction of sp³-hybridized carbons (Fsp3) is 0.444. The van der Waals surface area contributed by atoms with Crippen molar-refractivity contribution < 1.29 is 9.53 Å². The average molecular weight is 330 g/mol. The van der Waals surface area contributed by atoms with Gasteiger partial charge in [0.25, 0.3) is 0 Å². The Morgan fingerprint density at radius 1 is 1.35 bits per heavy atom. The molecule has 0 bridgehead atoms. The molecule has 1 N–H and O–H groups in total. The Balaban J connectivity index is 1.76. The smallest absolute Gasteiger partial charge is 0.310 e. The molecule has 0 unspecified atom stereocenters. The topological polar surface area (TPSA) is 51.2 Å². The van der Waals surface area contributed by atoms with Crippen LogP contribution in [0.4, 0.5) is 10.8 Å². The van der Waals surface area contributed by atoms with Crippen molar-refractivity contribution in [3.8, 4) is 0 Å². The maximum atomic E-state index is 12.1. The lowest BCUT2D eigenvalue weighted by molar-refractivity contribution is -0.151. The number of anilines is 2. The van der Waals surface area contributed by atoms with Gasteiger partial charge in [-0.25, -0.2) is 4.98 Å². The number of aromatic nitrogens is 1. The summed E-state index contributed by atoms with van der Waals surface area (Å²) < 4.78 is 5.67. The molecular formula is C18H22N2O2S. The summed E-state index contributed by atoms with van der Waals surface area (Å²) in [6.07, 6.45) is 0.692. The van der Waals surface area contributed by atoms with Crippen molar-refractivity contribution in [2.45, 2.75) is 39.7 Å². The van der Waals surface area contributed by atoms with Gasteiger partial charge in [-0.1, -0.05) is 31.5 Å². The monoisotopic (exact) mass is 330 g/mol. The molecule has 0 saturated carbocycles. The summed E-state index contributed by atoms with van der Waals surface area (Å²) in [4.78, 5) is 16.7. The first kappa shape index (κ1) is 16.0. The van der Waals surface area contributed by atoms with Gasteiger partial charge in [-0.2, -0.15) is 0 Å². The Kier molecular flexibility index (Phi) is 4.15. The molecule has 122 valence electrons.